The molecule has 2 aliphatic carbocycles. The zero-order chi connectivity index (χ0) is 12.5. The van der Waals surface area contributed by atoms with Crippen molar-refractivity contribution in [3.05, 3.63) is 0 Å². The summed E-state index contributed by atoms with van der Waals surface area (Å²) in [5.41, 5.74) is 6.66. The van der Waals surface area contributed by atoms with Gasteiger partial charge in [0.15, 0.2) is 0 Å². The highest BCUT2D eigenvalue weighted by Gasteiger charge is 2.38. The Balaban J connectivity index is 1.89. The highest BCUT2D eigenvalue weighted by atomic mass is 15.1. The van der Waals surface area contributed by atoms with E-state index in [4.69, 9.17) is 5.73 Å². The molecule has 0 aliphatic heterocycles. The van der Waals surface area contributed by atoms with Crippen LogP contribution in [0, 0.1) is 11.3 Å². The van der Waals surface area contributed by atoms with E-state index in [9.17, 15) is 0 Å². The van der Waals surface area contributed by atoms with Gasteiger partial charge in [-0.3, -0.25) is 0 Å². The van der Waals surface area contributed by atoms with Crippen molar-refractivity contribution in [2.45, 2.75) is 70.9 Å². The number of nitrogens with zero attached hydrogens (tertiary/aromatic N) is 1. The average molecular weight is 238 g/mol. The summed E-state index contributed by atoms with van der Waals surface area (Å²) in [6.07, 6.45) is 9.51. The van der Waals surface area contributed by atoms with E-state index >= 15 is 0 Å². The van der Waals surface area contributed by atoms with Gasteiger partial charge in [-0.25, -0.2) is 0 Å². The van der Waals surface area contributed by atoms with E-state index in [0.717, 1.165) is 12.0 Å². The molecule has 2 rings (SSSR count). The van der Waals surface area contributed by atoms with Crippen LogP contribution in [0.25, 0.3) is 0 Å². The monoisotopic (exact) mass is 238 g/mol. The molecule has 0 aromatic rings. The average Bonchev–Trinajstić information content (AvgIpc) is 2.59. The third-order valence-electron chi connectivity index (χ3n) is 5.30. The molecule has 17 heavy (non-hydrogen) atoms. The molecular weight excluding hydrogens is 208 g/mol. The van der Waals surface area contributed by atoms with Gasteiger partial charge in [0, 0.05) is 18.6 Å². The predicted octanol–water partition coefficient (Wildman–Crippen LogP) is 3.01. The summed E-state index contributed by atoms with van der Waals surface area (Å²) in [6, 6.07) is 1.23. The predicted molar refractivity (Wildman–Crippen MR) is 74.0 cm³/mol. The molecule has 2 N–H and O–H groups in total. The maximum Gasteiger partial charge on any atom is 0.0105 e. The van der Waals surface area contributed by atoms with Crippen molar-refractivity contribution in [3.63, 3.8) is 0 Å². The molecule has 0 aromatic heterocycles. The molecule has 2 heteroatoms. The van der Waals surface area contributed by atoms with Crippen LogP contribution in [0.3, 0.4) is 0 Å². The highest BCUT2D eigenvalue weighted by Crippen LogP contribution is 2.38. The van der Waals surface area contributed by atoms with Crippen molar-refractivity contribution in [1.82, 2.24) is 4.90 Å². The molecule has 0 bridgehead atoms. The SMILES string of the molecule is CC1CCCC(N(C)CC2(C)CCCC2N)C1. The fourth-order valence-corrected chi connectivity index (χ4v) is 3.96. The Bertz CT molecular complexity index is 253. The standard InChI is InChI=1S/C15H30N2/c1-12-6-4-7-13(10-12)17(3)11-15(2)9-5-8-14(15)16/h12-14H,4-11,16H2,1-3H3. The van der Waals surface area contributed by atoms with E-state index in [-0.39, 0.29) is 0 Å². The van der Waals surface area contributed by atoms with Crippen LogP contribution in [0.5, 0.6) is 0 Å². The second-order valence-electron chi connectivity index (χ2n) is 6.99. The zero-order valence-electron chi connectivity index (χ0n) is 11.9. The van der Waals surface area contributed by atoms with Gasteiger partial charge in [0.1, 0.15) is 0 Å². The van der Waals surface area contributed by atoms with Gasteiger partial charge < -0.3 is 10.6 Å². The largest absolute Gasteiger partial charge is 0.327 e. The van der Waals surface area contributed by atoms with Crippen LogP contribution in [0.1, 0.15) is 58.8 Å². The summed E-state index contributed by atoms with van der Waals surface area (Å²) in [5.74, 6) is 0.918. The topological polar surface area (TPSA) is 29.3 Å². The van der Waals surface area contributed by atoms with Crippen molar-refractivity contribution < 1.29 is 0 Å². The van der Waals surface area contributed by atoms with Gasteiger partial charge in [-0.2, -0.15) is 0 Å². The Kier molecular flexibility index (Phi) is 4.14. The summed E-state index contributed by atoms with van der Waals surface area (Å²) < 4.78 is 0. The minimum Gasteiger partial charge on any atom is -0.327 e. The van der Waals surface area contributed by atoms with Gasteiger partial charge in [0.25, 0.3) is 0 Å². The van der Waals surface area contributed by atoms with Crippen molar-refractivity contribution in [1.29, 1.82) is 0 Å². The lowest BCUT2D eigenvalue weighted by Crippen LogP contribution is -2.47. The summed E-state index contributed by atoms with van der Waals surface area (Å²) in [7, 11) is 2.32. The van der Waals surface area contributed by atoms with Gasteiger partial charge >= 0.3 is 0 Å². The minimum atomic E-state index is 0.370. The molecule has 2 saturated carbocycles. The fourth-order valence-electron chi connectivity index (χ4n) is 3.96. The number of hydrogen-bond acceptors (Lipinski definition) is 2. The molecule has 0 aromatic carbocycles. The first-order valence-corrected chi connectivity index (χ1v) is 7.47. The van der Waals surface area contributed by atoms with E-state index in [1.807, 2.05) is 0 Å². The molecule has 0 saturated heterocycles. The van der Waals surface area contributed by atoms with E-state index in [1.165, 1.54) is 51.5 Å². The minimum absolute atomic E-state index is 0.370. The summed E-state index contributed by atoms with van der Waals surface area (Å²) in [4.78, 5) is 2.61. The van der Waals surface area contributed by atoms with E-state index in [0.29, 0.717) is 11.5 Å². The van der Waals surface area contributed by atoms with E-state index in [2.05, 4.69) is 25.8 Å². The second-order valence-corrected chi connectivity index (χ2v) is 6.99. The quantitative estimate of drug-likeness (QED) is 0.819. The molecule has 0 amide bonds. The Morgan fingerprint density at radius 2 is 2.00 bits per heavy atom. The van der Waals surface area contributed by atoms with Crippen LogP contribution in [-0.4, -0.2) is 30.6 Å². The van der Waals surface area contributed by atoms with Crippen LogP contribution in [-0.2, 0) is 0 Å². The summed E-state index contributed by atoms with van der Waals surface area (Å²) in [6.45, 7) is 6.00. The van der Waals surface area contributed by atoms with Gasteiger partial charge in [-0.15, -0.1) is 0 Å². The van der Waals surface area contributed by atoms with Gasteiger partial charge in [0.05, 0.1) is 0 Å². The smallest absolute Gasteiger partial charge is 0.0105 e. The first-order chi connectivity index (χ1) is 8.01. The van der Waals surface area contributed by atoms with Crippen LogP contribution in [0.4, 0.5) is 0 Å². The lowest BCUT2D eigenvalue weighted by Gasteiger charge is -2.40. The van der Waals surface area contributed by atoms with Crippen LogP contribution in [0.15, 0.2) is 0 Å². The fraction of sp³-hybridized carbons (Fsp3) is 1.00. The van der Waals surface area contributed by atoms with Gasteiger partial charge in [-0.1, -0.05) is 33.1 Å². The Labute approximate surface area is 107 Å². The molecule has 2 aliphatic rings. The Morgan fingerprint density at radius 3 is 2.59 bits per heavy atom. The van der Waals surface area contributed by atoms with E-state index < -0.39 is 0 Å². The third-order valence-corrected chi connectivity index (χ3v) is 5.30. The Morgan fingerprint density at radius 1 is 1.24 bits per heavy atom. The van der Waals surface area contributed by atoms with Crippen LogP contribution in [0.2, 0.25) is 0 Å². The molecule has 100 valence electrons. The summed E-state index contributed by atoms with van der Waals surface area (Å²) >= 11 is 0. The molecule has 4 atom stereocenters. The first kappa shape index (κ1) is 13.4. The van der Waals surface area contributed by atoms with Crippen molar-refractivity contribution >= 4 is 0 Å². The second kappa shape index (κ2) is 5.27. The molecular formula is C15H30N2. The molecule has 2 nitrogen and oxygen atoms in total. The van der Waals surface area contributed by atoms with Crippen molar-refractivity contribution in [2.24, 2.45) is 17.1 Å². The van der Waals surface area contributed by atoms with Crippen LogP contribution < -0.4 is 5.73 Å². The normalized spacial score (nSPS) is 43.2. The lowest BCUT2D eigenvalue weighted by atomic mass is 9.82. The molecule has 2 fully saturated rings. The van der Waals surface area contributed by atoms with Crippen LogP contribution >= 0.6 is 0 Å². The van der Waals surface area contributed by atoms with E-state index in [1.54, 1.807) is 0 Å². The Hall–Kier alpha value is -0.0800. The molecule has 4 unspecified atom stereocenters. The highest BCUT2D eigenvalue weighted by molar-refractivity contribution is 4.94. The number of hydrogen-bond donors (Lipinski definition) is 1. The maximum absolute atomic E-state index is 6.29. The molecule has 0 spiro atoms. The summed E-state index contributed by atoms with van der Waals surface area (Å²) in [5, 5.41) is 0. The number of rotatable bonds is 3. The third kappa shape index (κ3) is 3.03. The first-order valence-electron chi connectivity index (χ1n) is 7.47. The molecule has 0 radical (unpaired) electrons. The zero-order valence-corrected chi connectivity index (χ0v) is 11.9. The lowest BCUT2D eigenvalue weighted by molar-refractivity contribution is 0.103. The van der Waals surface area contributed by atoms with Gasteiger partial charge in [-0.05, 0) is 44.1 Å². The maximum atomic E-state index is 6.29. The number of nitrogens with two attached hydrogens (primary N) is 1. The molecule has 0 heterocycles. The van der Waals surface area contributed by atoms with Crippen molar-refractivity contribution in [3.8, 4) is 0 Å². The van der Waals surface area contributed by atoms with Crippen molar-refractivity contribution in [2.75, 3.05) is 13.6 Å². The van der Waals surface area contributed by atoms with Gasteiger partial charge in [0.2, 0.25) is 0 Å².